The van der Waals surface area contributed by atoms with Gasteiger partial charge < -0.3 is 35.1 Å². The van der Waals surface area contributed by atoms with Crippen molar-refractivity contribution in [2.75, 3.05) is 40.9 Å². The number of nitrogens with one attached hydrogen (secondary N) is 1. The average molecular weight is 981 g/mol. The maximum Gasteiger partial charge on any atom is 0.408 e. The number of halogens is 3. The van der Waals surface area contributed by atoms with Crippen LogP contribution in [0.15, 0.2) is 82.5 Å². The Balaban J connectivity index is 0.000000201. The molecule has 12 nitrogen and oxygen atoms in total. The maximum atomic E-state index is 12.5. The predicted octanol–water partition coefficient (Wildman–Crippen LogP) is 8.59. The molecule has 0 saturated carbocycles. The number of nitrogens with zero attached hydrogens (tertiary/aromatic N) is 6. The monoisotopic (exact) mass is 978 g/mol. The lowest BCUT2D eigenvalue weighted by molar-refractivity contribution is 0.0149. The zero-order valence-corrected chi connectivity index (χ0v) is 35.6. The number of alkyl carbamates (subject to hydrolysis) is 1. The number of ether oxygens (including phenoxy) is 3. The normalized spacial score (nSPS) is 20.1. The molecular formula is C39H49Br2IN8O4. The summed E-state index contributed by atoms with van der Waals surface area (Å²) < 4.78 is 19.7. The van der Waals surface area contributed by atoms with E-state index in [1.165, 1.54) is 0 Å². The second-order valence-corrected chi connectivity index (χ2v) is 16.0. The molecule has 0 aliphatic carbocycles. The lowest BCUT2D eigenvalue weighted by Gasteiger charge is -2.42. The van der Waals surface area contributed by atoms with Crippen molar-refractivity contribution in [2.24, 2.45) is 5.73 Å². The summed E-state index contributed by atoms with van der Waals surface area (Å²) >= 11 is 8.79. The molecule has 1 amide bonds. The Bertz CT molecular complexity index is 1850. The van der Waals surface area contributed by atoms with E-state index in [2.05, 4.69) is 95.6 Å². The number of hydrogen-bond donors (Lipinski definition) is 2. The van der Waals surface area contributed by atoms with Gasteiger partial charge in [0.2, 0.25) is 0 Å². The van der Waals surface area contributed by atoms with Gasteiger partial charge in [-0.25, -0.2) is 24.7 Å². The molecule has 15 heteroatoms. The van der Waals surface area contributed by atoms with Crippen LogP contribution in [0.25, 0.3) is 0 Å². The minimum Gasteiger partial charge on any atom is -0.485 e. The van der Waals surface area contributed by atoms with Crippen molar-refractivity contribution in [1.82, 2.24) is 25.3 Å². The summed E-state index contributed by atoms with van der Waals surface area (Å²) in [4.78, 5) is 36.3. The van der Waals surface area contributed by atoms with Crippen molar-refractivity contribution in [3.63, 3.8) is 0 Å². The Morgan fingerprint density at radius 1 is 0.778 bits per heavy atom. The average Bonchev–Trinajstić information content (AvgIpc) is 3.60. The highest BCUT2D eigenvalue weighted by atomic mass is 127. The Labute approximate surface area is 348 Å². The van der Waals surface area contributed by atoms with Crippen molar-refractivity contribution < 1.29 is 19.0 Å². The molecule has 3 N–H and O–H groups in total. The second-order valence-electron chi connectivity index (χ2n) is 14.3. The van der Waals surface area contributed by atoms with Gasteiger partial charge in [-0.15, -0.1) is 0 Å². The molecule has 0 bridgehead atoms. The number of benzene rings is 2. The molecule has 2 atom stereocenters. The number of alkyl halides is 1. The van der Waals surface area contributed by atoms with Crippen LogP contribution in [0, 0.1) is 0 Å². The van der Waals surface area contributed by atoms with Crippen molar-refractivity contribution in [2.45, 2.75) is 82.8 Å². The van der Waals surface area contributed by atoms with Gasteiger partial charge in [0.05, 0.1) is 30.8 Å². The topological polar surface area (TPSA) is 141 Å². The zero-order valence-electron chi connectivity index (χ0n) is 30.3. The van der Waals surface area contributed by atoms with Gasteiger partial charge in [-0.05, 0) is 69.7 Å². The van der Waals surface area contributed by atoms with Crippen LogP contribution in [0.3, 0.4) is 0 Å². The fraction of sp³-hybridized carbons (Fsp3) is 0.462. The van der Waals surface area contributed by atoms with Crippen molar-refractivity contribution in [3.05, 3.63) is 93.7 Å². The Morgan fingerprint density at radius 3 is 1.69 bits per heavy atom. The predicted molar refractivity (Wildman–Crippen MR) is 228 cm³/mol. The number of hydrogen-bond acceptors (Lipinski definition) is 11. The number of carbonyl (C=O) groups excluding carboxylic acids is 1. The SMILES string of the molecule is C.CC(C)(C)OC(=O)N[C@@H]1c2ccccc2OC12CCN(c1cnc(Br)cn1)CC2.CI.N[C@@H]1c2ccccc2OC12CCN(c1cnc(Br)cn1)CC2. The van der Waals surface area contributed by atoms with E-state index < -0.39 is 17.3 Å². The van der Waals surface area contributed by atoms with E-state index in [1.54, 1.807) is 24.8 Å². The van der Waals surface area contributed by atoms with Crippen LogP contribution in [0.5, 0.6) is 11.5 Å². The van der Waals surface area contributed by atoms with E-state index in [1.807, 2.05) is 68.2 Å². The fourth-order valence-corrected chi connectivity index (χ4v) is 7.78. The van der Waals surface area contributed by atoms with Gasteiger partial charge in [-0.1, -0.05) is 66.4 Å². The van der Waals surface area contributed by atoms with Gasteiger partial charge in [0, 0.05) is 63.0 Å². The quantitative estimate of drug-likeness (QED) is 0.151. The molecule has 2 aromatic heterocycles. The number of nitrogens with two attached hydrogens (primary N) is 1. The standard InChI is InChI=1S/C21H25BrN4O3.C16H17BrN4O.CH3I.CH4/c1-20(2,3)29-19(27)25-18-14-6-4-5-7-15(14)28-21(18)8-10-26(11-9-21)17-13-23-16(22)12-24-17;17-13-9-20-14(10-19-13)21-7-5-16(6-8-21)15(18)11-3-1-2-4-12(11)22-16;1-2;/h4-7,12-13,18H,8-11H2,1-3H3,(H,25,27);1-4,9-10,15H,5-8,18H2;1H3;1H4/t18-;15-;;/m11../s1. The summed E-state index contributed by atoms with van der Waals surface area (Å²) in [6, 6.07) is 15.7. The fourth-order valence-electron chi connectivity index (χ4n) is 7.37. The van der Waals surface area contributed by atoms with Gasteiger partial charge in [-0.3, -0.25) is 0 Å². The van der Waals surface area contributed by atoms with Crippen molar-refractivity contribution in [3.8, 4) is 11.5 Å². The van der Waals surface area contributed by atoms with E-state index in [0.29, 0.717) is 4.60 Å². The second kappa shape index (κ2) is 17.7. The van der Waals surface area contributed by atoms with Crippen molar-refractivity contribution >= 4 is 72.2 Å². The summed E-state index contributed by atoms with van der Waals surface area (Å²) in [5.41, 5.74) is 7.27. The molecule has 54 heavy (non-hydrogen) atoms. The van der Waals surface area contributed by atoms with Gasteiger partial charge in [0.15, 0.2) is 0 Å². The molecule has 4 aliphatic rings. The lowest BCUT2D eigenvalue weighted by Crippen LogP contribution is -2.54. The highest BCUT2D eigenvalue weighted by Gasteiger charge is 2.51. The van der Waals surface area contributed by atoms with E-state index in [4.69, 9.17) is 19.9 Å². The molecule has 4 aromatic rings. The van der Waals surface area contributed by atoms with E-state index in [9.17, 15) is 4.79 Å². The highest BCUT2D eigenvalue weighted by molar-refractivity contribution is 14.1. The van der Waals surface area contributed by atoms with E-state index in [0.717, 1.165) is 90.7 Å². The van der Waals surface area contributed by atoms with Crippen LogP contribution in [0.4, 0.5) is 16.4 Å². The molecule has 0 radical (unpaired) electrons. The first-order valence-corrected chi connectivity index (χ1v) is 21.3. The largest absolute Gasteiger partial charge is 0.485 e. The number of aromatic nitrogens is 4. The highest BCUT2D eigenvalue weighted by Crippen LogP contribution is 2.49. The van der Waals surface area contributed by atoms with Crippen LogP contribution in [0.1, 0.15) is 77.1 Å². The zero-order chi connectivity index (χ0) is 37.8. The molecular weight excluding hydrogens is 931 g/mol. The van der Waals surface area contributed by atoms with Crippen LogP contribution in [-0.2, 0) is 4.74 Å². The number of piperidine rings is 2. The lowest BCUT2D eigenvalue weighted by atomic mass is 9.82. The van der Waals surface area contributed by atoms with Gasteiger partial charge in [-0.2, -0.15) is 0 Å². The van der Waals surface area contributed by atoms with Crippen molar-refractivity contribution in [1.29, 1.82) is 0 Å². The first-order chi connectivity index (χ1) is 25.4. The molecule has 290 valence electrons. The number of rotatable bonds is 3. The molecule has 4 aliphatic heterocycles. The summed E-state index contributed by atoms with van der Waals surface area (Å²) in [6.45, 7) is 8.85. The molecule has 2 aromatic carbocycles. The molecule has 8 rings (SSSR count). The Kier molecular flexibility index (Phi) is 13.7. The first-order valence-electron chi connectivity index (χ1n) is 17.6. The number of anilines is 2. The van der Waals surface area contributed by atoms with Crippen LogP contribution < -0.4 is 30.3 Å². The smallest absolute Gasteiger partial charge is 0.408 e. The third-order valence-corrected chi connectivity index (χ3v) is 10.8. The Hall–Kier alpha value is -3.28. The molecule has 2 saturated heterocycles. The number of amides is 1. The molecule has 2 fully saturated rings. The van der Waals surface area contributed by atoms with Gasteiger partial charge in [0.25, 0.3) is 0 Å². The summed E-state index contributed by atoms with van der Waals surface area (Å²) in [5, 5.41) is 3.08. The maximum absolute atomic E-state index is 12.5. The minimum absolute atomic E-state index is 0. The van der Waals surface area contributed by atoms with E-state index in [-0.39, 0.29) is 25.1 Å². The third-order valence-electron chi connectivity index (χ3n) is 9.95. The Morgan fingerprint density at radius 2 is 1.22 bits per heavy atom. The molecule has 2 spiro atoms. The summed E-state index contributed by atoms with van der Waals surface area (Å²) in [7, 11) is 0. The number of para-hydroxylation sites is 2. The van der Waals surface area contributed by atoms with Gasteiger partial charge in [0.1, 0.15) is 55.2 Å². The third kappa shape index (κ3) is 9.22. The van der Waals surface area contributed by atoms with Crippen LogP contribution in [0.2, 0.25) is 0 Å². The summed E-state index contributed by atoms with van der Waals surface area (Å²) in [5.74, 6) is 3.51. The van der Waals surface area contributed by atoms with E-state index >= 15 is 0 Å². The van der Waals surface area contributed by atoms with Gasteiger partial charge >= 0.3 is 6.09 Å². The van der Waals surface area contributed by atoms with Crippen LogP contribution >= 0.6 is 54.5 Å². The minimum atomic E-state index is -0.556. The number of carbonyl (C=O) groups is 1. The van der Waals surface area contributed by atoms with Crippen LogP contribution in [-0.4, -0.2) is 73.9 Å². The molecule has 6 heterocycles. The number of fused-ring (bicyclic) bond motifs is 2. The first kappa shape index (κ1) is 41.9. The molecule has 0 unspecified atom stereocenters. The summed E-state index contributed by atoms with van der Waals surface area (Å²) in [6.07, 6.45) is 9.85.